The first kappa shape index (κ1) is 11.6. The lowest BCUT2D eigenvalue weighted by molar-refractivity contribution is 0.265. The Kier molecular flexibility index (Phi) is 2.59. The van der Waals surface area contributed by atoms with Gasteiger partial charge in [-0.2, -0.15) is 0 Å². The Bertz CT molecular complexity index is 490. The number of aliphatic hydroxyl groups is 1. The molecule has 2 rings (SSSR count). The molecule has 2 atom stereocenters. The number of benzene rings is 1. The minimum Gasteiger partial charge on any atom is -0.396 e. The fraction of sp³-hybridized carbons (Fsp3) is 0.500. The topological polar surface area (TPSA) is 54.4 Å². The van der Waals surface area contributed by atoms with Crippen LogP contribution < -0.4 is 0 Å². The van der Waals surface area contributed by atoms with Crippen LogP contribution in [0, 0.1) is 5.92 Å². The molecule has 0 bridgehead atoms. The van der Waals surface area contributed by atoms with E-state index in [0.717, 1.165) is 12.0 Å². The van der Waals surface area contributed by atoms with Crippen LogP contribution in [0.4, 0.5) is 0 Å². The third-order valence-corrected chi connectivity index (χ3v) is 4.70. The lowest BCUT2D eigenvalue weighted by Gasteiger charge is -2.11. The molecule has 0 spiro atoms. The average molecular weight is 240 g/mol. The van der Waals surface area contributed by atoms with E-state index in [9.17, 15) is 8.42 Å². The summed E-state index contributed by atoms with van der Waals surface area (Å²) in [5, 5.41) is 9.09. The van der Waals surface area contributed by atoms with Gasteiger partial charge in [-0.05, 0) is 35.4 Å². The summed E-state index contributed by atoms with van der Waals surface area (Å²) in [7, 11) is -3.11. The van der Waals surface area contributed by atoms with Gasteiger partial charge in [0.25, 0.3) is 0 Å². The molecular formula is C12H16O3S. The Morgan fingerprint density at radius 3 is 2.31 bits per heavy atom. The minimum absolute atomic E-state index is 0.0325. The predicted molar refractivity (Wildman–Crippen MR) is 62.1 cm³/mol. The van der Waals surface area contributed by atoms with Gasteiger partial charge < -0.3 is 5.11 Å². The second-order valence-electron chi connectivity index (χ2n) is 4.80. The third-order valence-electron chi connectivity index (χ3n) is 3.57. The molecule has 1 N–H and O–H groups in total. The molecule has 2 unspecified atom stereocenters. The lowest BCUT2D eigenvalue weighted by Crippen LogP contribution is -2.07. The van der Waals surface area contributed by atoms with Crippen molar-refractivity contribution in [3.8, 4) is 0 Å². The summed E-state index contributed by atoms with van der Waals surface area (Å²) in [5.41, 5.74) is 1.14. The van der Waals surface area contributed by atoms with E-state index in [1.807, 2.05) is 12.1 Å². The highest BCUT2D eigenvalue weighted by Crippen LogP contribution is 2.53. The molecule has 0 aliphatic heterocycles. The van der Waals surface area contributed by atoms with Gasteiger partial charge in [-0.25, -0.2) is 8.42 Å². The summed E-state index contributed by atoms with van der Waals surface area (Å²) in [4.78, 5) is 0.348. The number of sulfone groups is 1. The fourth-order valence-corrected chi connectivity index (χ4v) is 2.79. The molecule has 1 aromatic rings. The van der Waals surface area contributed by atoms with Crippen LogP contribution in [0.25, 0.3) is 0 Å². The first-order chi connectivity index (χ1) is 7.38. The monoisotopic (exact) mass is 240 g/mol. The molecule has 1 aliphatic carbocycles. The van der Waals surface area contributed by atoms with Crippen LogP contribution in [-0.2, 0) is 15.3 Å². The van der Waals surface area contributed by atoms with Gasteiger partial charge in [0.2, 0.25) is 0 Å². The Morgan fingerprint density at radius 2 is 1.94 bits per heavy atom. The second-order valence-corrected chi connectivity index (χ2v) is 6.81. The summed E-state index contributed by atoms with van der Waals surface area (Å²) >= 11 is 0. The molecule has 1 aromatic carbocycles. The number of aliphatic hydroxyl groups excluding tert-OH is 1. The van der Waals surface area contributed by atoms with E-state index in [2.05, 4.69) is 6.92 Å². The van der Waals surface area contributed by atoms with Crippen molar-refractivity contribution < 1.29 is 13.5 Å². The molecule has 88 valence electrons. The van der Waals surface area contributed by atoms with Crippen molar-refractivity contribution in [1.82, 2.24) is 0 Å². The normalized spacial score (nSPS) is 29.1. The van der Waals surface area contributed by atoms with E-state index in [1.54, 1.807) is 12.1 Å². The van der Waals surface area contributed by atoms with Crippen molar-refractivity contribution in [1.29, 1.82) is 0 Å². The summed E-state index contributed by atoms with van der Waals surface area (Å²) in [5.74, 6) is 0.316. The molecule has 1 fully saturated rings. The van der Waals surface area contributed by atoms with E-state index < -0.39 is 9.84 Å². The standard InChI is InChI=1S/C12H16O3S/c1-12(7-10(12)8-13)9-3-5-11(6-4-9)16(2,14)15/h3-6,10,13H,7-8H2,1-2H3. The van der Waals surface area contributed by atoms with Crippen molar-refractivity contribution in [2.45, 2.75) is 23.7 Å². The Labute approximate surface area is 96.0 Å². The van der Waals surface area contributed by atoms with Crippen molar-refractivity contribution in [2.75, 3.05) is 12.9 Å². The van der Waals surface area contributed by atoms with E-state index in [-0.39, 0.29) is 12.0 Å². The van der Waals surface area contributed by atoms with Gasteiger partial charge in [0, 0.05) is 12.9 Å². The van der Waals surface area contributed by atoms with Crippen LogP contribution in [0.15, 0.2) is 29.2 Å². The van der Waals surface area contributed by atoms with Gasteiger partial charge in [0.1, 0.15) is 0 Å². The molecule has 0 amide bonds. The molecule has 1 saturated carbocycles. The first-order valence-electron chi connectivity index (χ1n) is 5.29. The van der Waals surface area contributed by atoms with Crippen LogP contribution >= 0.6 is 0 Å². The maximum absolute atomic E-state index is 11.3. The van der Waals surface area contributed by atoms with Gasteiger partial charge in [0.05, 0.1) is 4.90 Å². The zero-order valence-electron chi connectivity index (χ0n) is 9.47. The summed E-state index contributed by atoms with van der Waals surface area (Å²) < 4.78 is 22.6. The Hall–Kier alpha value is -0.870. The smallest absolute Gasteiger partial charge is 0.175 e. The molecule has 16 heavy (non-hydrogen) atoms. The average Bonchev–Trinajstić information content (AvgIpc) is 2.90. The van der Waals surface area contributed by atoms with Crippen LogP contribution in [-0.4, -0.2) is 26.4 Å². The van der Waals surface area contributed by atoms with E-state index in [1.165, 1.54) is 6.26 Å². The van der Waals surface area contributed by atoms with Gasteiger partial charge in [-0.3, -0.25) is 0 Å². The number of hydrogen-bond donors (Lipinski definition) is 1. The zero-order chi connectivity index (χ0) is 12.0. The van der Waals surface area contributed by atoms with Crippen molar-refractivity contribution in [3.63, 3.8) is 0 Å². The number of rotatable bonds is 3. The Balaban J connectivity index is 2.28. The maximum Gasteiger partial charge on any atom is 0.175 e. The Morgan fingerprint density at radius 1 is 1.38 bits per heavy atom. The van der Waals surface area contributed by atoms with E-state index >= 15 is 0 Å². The number of hydrogen-bond acceptors (Lipinski definition) is 3. The van der Waals surface area contributed by atoms with Gasteiger partial charge in [0.15, 0.2) is 9.84 Å². The van der Waals surface area contributed by atoms with Crippen LogP contribution in [0.2, 0.25) is 0 Å². The predicted octanol–water partition coefficient (Wildman–Crippen LogP) is 1.36. The fourth-order valence-electron chi connectivity index (χ4n) is 2.16. The van der Waals surface area contributed by atoms with Gasteiger partial charge in [-0.1, -0.05) is 19.1 Å². The van der Waals surface area contributed by atoms with Crippen molar-refractivity contribution in [2.24, 2.45) is 5.92 Å². The molecule has 0 aromatic heterocycles. The molecule has 0 heterocycles. The molecule has 0 radical (unpaired) electrons. The largest absolute Gasteiger partial charge is 0.396 e. The lowest BCUT2D eigenvalue weighted by atomic mass is 9.96. The summed E-state index contributed by atoms with van der Waals surface area (Å²) in [6.07, 6.45) is 2.18. The highest BCUT2D eigenvalue weighted by molar-refractivity contribution is 7.90. The highest BCUT2D eigenvalue weighted by atomic mass is 32.2. The summed E-state index contributed by atoms with van der Waals surface area (Å²) in [6.45, 7) is 2.30. The van der Waals surface area contributed by atoms with Crippen LogP contribution in [0.1, 0.15) is 18.9 Å². The van der Waals surface area contributed by atoms with Gasteiger partial charge >= 0.3 is 0 Å². The van der Waals surface area contributed by atoms with Crippen LogP contribution in [0.3, 0.4) is 0 Å². The quantitative estimate of drug-likeness (QED) is 0.868. The van der Waals surface area contributed by atoms with Crippen molar-refractivity contribution in [3.05, 3.63) is 29.8 Å². The zero-order valence-corrected chi connectivity index (χ0v) is 10.3. The first-order valence-corrected chi connectivity index (χ1v) is 7.18. The van der Waals surface area contributed by atoms with Gasteiger partial charge in [-0.15, -0.1) is 0 Å². The van der Waals surface area contributed by atoms with E-state index in [4.69, 9.17) is 5.11 Å². The van der Waals surface area contributed by atoms with Crippen LogP contribution in [0.5, 0.6) is 0 Å². The highest BCUT2D eigenvalue weighted by Gasteiger charge is 2.50. The maximum atomic E-state index is 11.3. The minimum atomic E-state index is -3.11. The molecule has 1 aliphatic rings. The molecule has 4 heteroatoms. The summed E-state index contributed by atoms with van der Waals surface area (Å²) in [6, 6.07) is 6.99. The third kappa shape index (κ3) is 1.87. The molecule has 0 saturated heterocycles. The molecule has 3 nitrogen and oxygen atoms in total. The SMILES string of the molecule is CC1(c2ccc(S(C)(=O)=O)cc2)CC1CO. The second kappa shape index (κ2) is 3.57. The molecular weight excluding hydrogens is 224 g/mol. The van der Waals surface area contributed by atoms with Crippen molar-refractivity contribution >= 4 is 9.84 Å². The van der Waals surface area contributed by atoms with E-state index in [0.29, 0.717) is 10.8 Å².